The second-order valence-electron chi connectivity index (χ2n) is 9.59. The molecule has 0 saturated carbocycles. The lowest BCUT2D eigenvalue weighted by atomic mass is 9.84. The van der Waals surface area contributed by atoms with E-state index in [1.807, 2.05) is 0 Å². The zero-order valence-corrected chi connectivity index (χ0v) is 22.5. The van der Waals surface area contributed by atoms with Crippen LogP contribution < -0.4 is 0 Å². The summed E-state index contributed by atoms with van der Waals surface area (Å²) < 4.78 is 247. The van der Waals surface area contributed by atoms with Crippen molar-refractivity contribution in [3.63, 3.8) is 0 Å². The molecule has 0 aliphatic rings. The molecule has 0 saturated heterocycles. The van der Waals surface area contributed by atoms with Crippen molar-refractivity contribution in [1.82, 2.24) is 0 Å². The van der Waals surface area contributed by atoms with Crippen LogP contribution in [-0.2, 0) is 0 Å². The lowest BCUT2D eigenvalue weighted by Gasteiger charge is -2.19. The monoisotopic (exact) mass is 599 g/mol. The molecule has 9 aromatic rings. The molecule has 1 heteroatoms. The Morgan fingerprint density at radius 1 is 0.333 bits per heavy atom. The summed E-state index contributed by atoms with van der Waals surface area (Å²) in [5, 5.41) is -3.94. The van der Waals surface area contributed by atoms with Gasteiger partial charge in [0, 0.05) is 10.8 Å². The van der Waals surface area contributed by atoms with Gasteiger partial charge in [-0.2, -0.15) is 0 Å². The van der Waals surface area contributed by atoms with Gasteiger partial charge in [-0.3, -0.25) is 0 Å². The number of benzene rings is 8. The molecule has 0 N–H and O–H groups in total. The molecule has 0 bridgehead atoms. The minimum absolute atomic E-state index is 0.434. The molecule has 45 heavy (non-hydrogen) atoms. The van der Waals surface area contributed by atoms with Crippen LogP contribution in [0.3, 0.4) is 0 Å². The van der Waals surface area contributed by atoms with E-state index in [4.69, 9.17) is 29.1 Å². The fourth-order valence-corrected chi connectivity index (χ4v) is 5.26. The number of hydrogen-bond acceptors (Lipinski definition) is 1. The van der Waals surface area contributed by atoms with Crippen LogP contribution in [0.25, 0.3) is 88.0 Å². The third kappa shape index (κ3) is 4.17. The molecule has 0 radical (unpaired) electrons. The molecule has 0 fully saturated rings. The molecule has 1 heterocycles. The maximum Gasteiger partial charge on any atom is 0.135 e. The minimum atomic E-state index is -1.11. The molecular formula is C44H28O. The first kappa shape index (κ1) is 10.3. The van der Waals surface area contributed by atoms with Crippen molar-refractivity contribution in [2.75, 3.05) is 0 Å². The van der Waals surface area contributed by atoms with Crippen LogP contribution in [-0.4, -0.2) is 0 Å². The molecule has 9 rings (SSSR count). The molecule has 0 unspecified atom stereocenters. The lowest BCUT2D eigenvalue weighted by molar-refractivity contribution is 0.669. The van der Waals surface area contributed by atoms with Crippen molar-refractivity contribution in [3.8, 4) is 44.5 Å². The van der Waals surface area contributed by atoms with E-state index in [9.17, 15) is 12.3 Å². The van der Waals surface area contributed by atoms with E-state index in [0.717, 1.165) is 6.07 Å². The van der Waals surface area contributed by atoms with Gasteiger partial charge in [-0.1, -0.05) is 145 Å². The quantitative estimate of drug-likeness (QED) is 0.183. The Balaban J connectivity index is 1.63. The Morgan fingerprint density at radius 2 is 0.844 bits per heavy atom. The summed E-state index contributed by atoms with van der Waals surface area (Å²) in [6.07, 6.45) is 0. The Hall–Kier alpha value is -5.92. The first-order valence-corrected chi connectivity index (χ1v) is 13.2. The average molecular weight is 600 g/mol. The van der Waals surface area contributed by atoms with Gasteiger partial charge in [-0.15, -0.1) is 0 Å². The Kier molecular flexibility index (Phi) is 2.38. The van der Waals surface area contributed by atoms with Crippen LogP contribution in [0.2, 0.25) is 0 Å². The minimum Gasteiger partial charge on any atom is -0.456 e. The highest BCUT2D eigenvalue weighted by Gasteiger charge is 2.19. The fraction of sp³-hybridized carbons (Fsp3) is 0. The predicted molar refractivity (Wildman–Crippen MR) is 190 cm³/mol. The Labute approximate surface area is 299 Å². The SMILES string of the molecule is [2H]c1cc(-c2c([2H])c(-c3c4c([2H])c([2H])c([2H])c([2H])c4c(-c4c([2H])c([2H])c5oc6c([2H])c([2H])c([2H])c([2H])c6c5c4[2H])c4c([2H])c([2H])c([2H])c([2H])c34)c([2H])c([2H])c2-c2c([2H])c([2H])c([2H])c([2H])c2[2H])c([2H])c([2H])c1[2H]. The number of furan rings is 1. The summed E-state index contributed by atoms with van der Waals surface area (Å²) in [6.45, 7) is 0. The fourth-order valence-electron chi connectivity index (χ4n) is 5.26. The molecule has 0 atom stereocenters. The Morgan fingerprint density at radius 3 is 1.53 bits per heavy atom. The molecule has 0 amide bonds. The molecule has 0 spiro atoms. The first-order valence-electron chi connectivity index (χ1n) is 26.7. The number of fused-ring (bicyclic) bond motifs is 5. The van der Waals surface area contributed by atoms with E-state index in [0.29, 0.717) is 0 Å². The van der Waals surface area contributed by atoms with Crippen molar-refractivity contribution in [2.45, 2.75) is 0 Å². The van der Waals surface area contributed by atoms with Crippen molar-refractivity contribution >= 4 is 43.5 Å². The van der Waals surface area contributed by atoms with E-state index in [1.54, 1.807) is 0 Å². The number of hydrogen-bond donors (Lipinski definition) is 0. The van der Waals surface area contributed by atoms with Gasteiger partial charge in [0.2, 0.25) is 0 Å². The van der Waals surface area contributed by atoms with Gasteiger partial charge >= 0.3 is 0 Å². The van der Waals surface area contributed by atoms with Gasteiger partial charge in [0.1, 0.15) is 11.2 Å². The molecule has 0 aliphatic heterocycles. The summed E-state index contributed by atoms with van der Waals surface area (Å²) in [6, 6.07) is -24.1. The zero-order chi connectivity index (χ0) is 53.2. The topological polar surface area (TPSA) is 13.1 Å². The summed E-state index contributed by atoms with van der Waals surface area (Å²) in [4.78, 5) is 0. The van der Waals surface area contributed by atoms with Crippen molar-refractivity contribution in [1.29, 1.82) is 0 Å². The average Bonchev–Trinajstić information content (AvgIpc) is 3.76. The molecule has 0 aliphatic carbocycles. The number of rotatable bonds is 4. The first-order chi connectivity index (χ1) is 33.6. The van der Waals surface area contributed by atoms with E-state index in [-0.39, 0.29) is 0 Å². The third-order valence-corrected chi connectivity index (χ3v) is 7.14. The standard InChI is InChI=1S/C44H28O/c1-3-13-29(14-4-1)33-25-23-31(27-39(33)30-15-5-2-6-16-30)43-35-18-7-9-20-37(35)44(38-21-10-8-19-36(38)43)32-24-26-42-40(28-32)34-17-11-12-22-41(34)45-42/h1-28H/i1D,2D,3D,4D,5D,6D,7D,8D,9D,10D,11D,12D,13D,14D,15D,17D,18D,19D,20D,21D,22D,23D,24D,25D,26D,27D,28D. The van der Waals surface area contributed by atoms with Gasteiger partial charge in [0.15, 0.2) is 0 Å². The summed E-state index contributed by atoms with van der Waals surface area (Å²) in [7, 11) is 0. The molecule has 210 valence electrons. The van der Waals surface area contributed by atoms with Crippen molar-refractivity contribution < 1.29 is 41.4 Å². The van der Waals surface area contributed by atoms with E-state index >= 15 is 0 Å². The number of para-hydroxylation sites is 1. The predicted octanol–water partition coefficient (Wildman–Crippen LogP) is 12.6. The van der Waals surface area contributed by atoms with Crippen LogP contribution in [0, 0.1) is 0 Å². The van der Waals surface area contributed by atoms with Crippen LogP contribution in [0.15, 0.2) is 174 Å². The van der Waals surface area contributed by atoms with Gasteiger partial charge in [-0.05, 0) is 90.2 Å². The maximum absolute atomic E-state index is 10.0. The molecule has 8 aromatic carbocycles. The molecular weight excluding hydrogens is 544 g/mol. The van der Waals surface area contributed by atoms with Crippen LogP contribution in [0.1, 0.15) is 37.0 Å². The largest absolute Gasteiger partial charge is 0.456 e. The van der Waals surface area contributed by atoms with Crippen LogP contribution in [0.4, 0.5) is 0 Å². The van der Waals surface area contributed by atoms with E-state index in [2.05, 4.69) is 0 Å². The van der Waals surface area contributed by atoms with Crippen molar-refractivity contribution in [2.24, 2.45) is 0 Å². The van der Waals surface area contributed by atoms with E-state index in [1.165, 1.54) is 0 Å². The highest BCUT2D eigenvalue weighted by atomic mass is 16.3. The van der Waals surface area contributed by atoms with Gasteiger partial charge < -0.3 is 4.42 Å². The molecule has 1 nitrogen and oxygen atoms in total. The van der Waals surface area contributed by atoms with Crippen molar-refractivity contribution in [3.05, 3.63) is 169 Å². The Bertz CT molecular complexity index is 3950. The van der Waals surface area contributed by atoms with Gasteiger partial charge in [0.05, 0.1) is 37.0 Å². The van der Waals surface area contributed by atoms with Crippen LogP contribution >= 0.6 is 0 Å². The maximum atomic E-state index is 10.0. The smallest absolute Gasteiger partial charge is 0.135 e. The third-order valence-electron chi connectivity index (χ3n) is 7.14. The van der Waals surface area contributed by atoms with Crippen LogP contribution in [0.5, 0.6) is 0 Å². The summed E-state index contributed by atoms with van der Waals surface area (Å²) in [5.41, 5.74) is -7.21. The summed E-state index contributed by atoms with van der Waals surface area (Å²) in [5.74, 6) is 0. The normalized spacial score (nSPS) is 20.0. The highest BCUT2D eigenvalue weighted by Crippen LogP contribution is 2.46. The van der Waals surface area contributed by atoms with E-state index < -0.39 is 251 Å². The lowest BCUT2D eigenvalue weighted by Crippen LogP contribution is -1.92. The van der Waals surface area contributed by atoms with Gasteiger partial charge in [-0.25, -0.2) is 0 Å². The van der Waals surface area contributed by atoms with Gasteiger partial charge in [0.25, 0.3) is 0 Å². The highest BCUT2D eigenvalue weighted by molar-refractivity contribution is 6.22. The second kappa shape index (κ2) is 10.4. The second-order valence-corrected chi connectivity index (χ2v) is 9.59. The molecule has 1 aromatic heterocycles. The summed E-state index contributed by atoms with van der Waals surface area (Å²) >= 11 is 0. The zero-order valence-electron chi connectivity index (χ0n) is 49.5.